The first-order valence-electron chi connectivity index (χ1n) is 5.60. The lowest BCUT2D eigenvalue weighted by Crippen LogP contribution is -2.24. The molecule has 0 spiro atoms. The summed E-state index contributed by atoms with van der Waals surface area (Å²) in [5.74, 6) is 1.01. The van der Waals surface area contributed by atoms with Crippen LogP contribution in [0, 0.1) is 13.8 Å². The number of nitrogen functional groups attached to an aromatic ring is 1. The van der Waals surface area contributed by atoms with E-state index >= 15 is 0 Å². The van der Waals surface area contributed by atoms with Crippen LogP contribution in [0.1, 0.15) is 36.1 Å². The van der Waals surface area contributed by atoms with Gasteiger partial charge in [0.1, 0.15) is 11.4 Å². The average molecular weight is 217 g/mol. The van der Waals surface area contributed by atoms with E-state index < -0.39 is 0 Å². The molecule has 2 rings (SSSR count). The predicted molar refractivity (Wildman–Crippen MR) is 68.8 cm³/mol. The molecule has 2 nitrogen and oxygen atoms in total. The second-order valence-corrected chi connectivity index (χ2v) is 5.13. The minimum atomic E-state index is -0.134. The van der Waals surface area contributed by atoms with Crippen molar-refractivity contribution < 1.29 is 4.74 Å². The lowest BCUT2D eigenvalue weighted by Gasteiger charge is -2.18. The third-order valence-electron chi connectivity index (χ3n) is 3.38. The topological polar surface area (TPSA) is 35.2 Å². The quantitative estimate of drug-likeness (QED) is 0.733. The van der Waals surface area contributed by atoms with Gasteiger partial charge < -0.3 is 10.5 Å². The minimum Gasteiger partial charge on any atom is -0.487 e. The number of rotatable bonds is 1. The molecule has 0 saturated heterocycles. The van der Waals surface area contributed by atoms with E-state index in [0.29, 0.717) is 0 Å². The summed E-state index contributed by atoms with van der Waals surface area (Å²) < 4.78 is 6.00. The molecule has 0 amide bonds. The van der Waals surface area contributed by atoms with E-state index in [9.17, 15) is 0 Å². The van der Waals surface area contributed by atoms with E-state index in [0.717, 1.165) is 34.5 Å². The van der Waals surface area contributed by atoms with Crippen LogP contribution in [0.3, 0.4) is 0 Å². The Hall–Kier alpha value is -1.44. The van der Waals surface area contributed by atoms with Gasteiger partial charge in [0.25, 0.3) is 0 Å². The first-order chi connectivity index (χ1) is 7.37. The summed E-state index contributed by atoms with van der Waals surface area (Å²) in [5, 5.41) is 0. The van der Waals surface area contributed by atoms with Gasteiger partial charge in [0.2, 0.25) is 0 Å². The number of ether oxygens (including phenoxy) is 1. The third-order valence-corrected chi connectivity index (χ3v) is 3.38. The number of anilines is 1. The second-order valence-electron chi connectivity index (χ2n) is 5.13. The van der Waals surface area contributed by atoms with Gasteiger partial charge in [-0.25, -0.2) is 0 Å². The Morgan fingerprint density at radius 2 is 1.94 bits per heavy atom. The lowest BCUT2D eigenvalue weighted by molar-refractivity contribution is 0.137. The molecule has 1 aromatic rings. The fraction of sp³-hybridized carbons (Fsp3) is 0.429. The zero-order chi connectivity index (χ0) is 12.1. The monoisotopic (exact) mass is 217 g/mol. The van der Waals surface area contributed by atoms with Crippen LogP contribution >= 0.6 is 0 Å². The molecule has 0 unspecified atom stereocenters. The predicted octanol–water partition coefficient (Wildman–Crippen LogP) is 3.24. The zero-order valence-electron chi connectivity index (χ0n) is 10.5. The zero-order valence-corrected chi connectivity index (χ0v) is 10.5. The largest absolute Gasteiger partial charge is 0.487 e. The van der Waals surface area contributed by atoms with Crippen molar-refractivity contribution in [3.05, 3.63) is 28.8 Å². The SMILES string of the molecule is C=Cc1c(N)c(C)c(C)c2c1CC(C)(C)O2. The molecule has 0 fully saturated rings. The standard InChI is InChI=1S/C14H19NO/c1-6-10-11-7-14(4,5)16-13(11)9(3)8(2)12(10)15/h6H,1,7,15H2,2-5H3. The molecule has 1 aliphatic rings. The normalized spacial score (nSPS) is 16.8. The maximum Gasteiger partial charge on any atom is 0.127 e. The molecule has 2 N–H and O–H groups in total. The highest BCUT2D eigenvalue weighted by molar-refractivity contribution is 5.76. The molecule has 0 saturated carbocycles. The van der Waals surface area contributed by atoms with E-state index in [-0.39, 0.29) is 5.60 Å². The number of nitrogens with two attached hydrogens (primary N) is 1. The highest BCUT2D eigenvalue weighted by Gasteiger charge is 2.34. The number of hydrogen-bond donors (Lipinski definition) is 1. The maximum absolute atomic E-state index is 6.13. The van der Waals surface area contributed by atoms with E-state index in [1.54, 1.807) is 0 Å². The number of benzene rings is 1. The molecule has 1 aromatic carbocycles. The van der Waals surface area contributed by atoms with Crippen LogP contribution < -0.4 is 10.5 Å². The molecule has 0 atom stereocenters. The van der Waals surface area contributed by atoms with Crippen LogP contribution in [0.5, 0.6) is 5.75 Å². The summed E-state index contributed by atoms with van der Waals surface area (Å²) in [5.41, 5.74) is 11.3. The van der Waals surface area contributed by atoms with Crippen molar-refractivity contribution in [3.8, 4) is 5.75 Å². The Bertz CT molecular complexity index is 472. The molecular weight excluding hydrogens is 198 g/mol. The van der Waals surface area contributed by atoms with Crippen LogP contribution in [0.25, 0.3) is 6.08 Å². The Kier molecular flexibility index (Phi) is 2.26. The highest BCUT2D eigenvalue weighted by Crippen LogP contribution is 2.44. The molecule has 86 valence electrons. The van der Waals surface area contributed by atoms with Gasteiger partial charge in [0.05, 0.1) is 0 Å². The summed E-state index contributed by atoms with van der Waals surface area (Å²) in [4.78, 5) is 0. The molecule has 1 aliphatic heterocycles. The van der Waals surface area contributed by atoms with Gasteiger partial charge in [-0.05, 0) is 38.8 Å². The summed E-state index contributed by atoms with van der Waals surface area (Å²) >= 11 is 0. The maximum atomic E-state index is 6.13. The van der Waals surface area contributed by atoms with Gasteiger partial charge in [-0.15, -0.1) is 0 Å². The fourth-order valence-corrected chi connectivity index (χ4v) is 2.37. The van der Waals surface area contributed by atoms with Gasteiger partial charge in [-0.2, -0.15) is 0 Å². The highest BCUT2D eigenvalue weighted by atomic mass is 16.5. The fourth-order valence-electron chi connectivity index (χ4n) is 2.37. The molecular formula is C14H19NO. The Balaban J connectivity index is 2.74. The number of hydrogen-bond acceptors (Lipinski definition) is 2. The Labute approximate surface area is 97.1 Å². The molecule has 0 radical (unpaired) electrons. The first kappa shape index (κ1) is 11.1. The summed E-state index contributed by atoms with van der Waals surface area (Å²) in [6.45, 7) is 12.2. The van der Waals surface area contributed by atoms with Gasteiger partial charge >= 0.3 is 0 Å². The second kappa shape index (κ2) is 3.27. The molecule has 16 heavy (non-hydrogen) atoms. The molecule has 0 bridgehead atoms. The van der Waals surface area contributed by atoms with Crippen LogP contribution in [0.15, 0.2) is 6.58 Å². The average Bonchev–Trinajstić information content (AvgIpc) is 2.52. The van der Waals surface area contributed by atoms with Crippen molar-refractivity contribution in [1.82, 2.24) is 0 Å². The van der Waals surface area contributed by atoms with E-state index in [1.165, 1.54) is 5.56 Å². The molecule has 0 aromatic heterocycles. The van der Waals surface area contributed by atoms with Crippen molar-refractivity contribution in [1.29, 1.82) is 0 Å². The van der Waals surface area contributed by atoms with Crippen LogP contribution in [0.2, 0.25) is 0 Å². The summed E-state index contributed by atoms with van der Waals surface area (Å²) in [6.07, 6.45) is 2.74. The van der Waals surface area contributed by atoms with E-state index in [1.807, 2.05) is 13.0 Å². The van der Waals surface area contributed by atoms with Crippen LogP contribution in [-0.4, -0.2) is 5.60 Å². The van der Waals surface area contributed by atoms with Crippen molar-refractivity contribution in [2.45, 2.75) is 39.7 Å². The lowest BCUT2D eigenvalue weighted by atomic mass is 9.92. The van der Waals surface area contributed by atoms with Crippen LogP contribution in [-0.2, 0) is 6.42 Å². The van der Waals surface area contributed by atoms with Crippen molar-refractivity contribution in [2.24, 2.45) is 0 Å². The van der Waals surface area contributed by atoms with E-state index in [2.05, 4.69) is 27.4 Å². The van der Waals surface area contributed by atoms with Crippen molar-refractivity contribution in [3.63, 3.8) is 0 Å². The van der Waals surface area contributed by atoms with Crippen LogP contribution in [0.4, 0.5) is 5.69 Å². The van der Waals surface area contributed by atoms with Crippen molar-refractivity contribution in [2.75, 3.05) is 5.73 Å². The summed E-state index contributed by atoms with van der Waals surface area (Å²) in [7, 11) is 0. The van der Waals surface area contributed by atoms with Gasteiger partial charge in [0.15, 0.2) is 0 Å². The van der Waals surface area contributed by atoms with Gasteiger partial charge in [0, 0.05) is 23.2 Å². The van der Waals surface area contributed by atoms with Crippen molar-refractivity contribution >= 4 is 11.8 Å². The molecule has 0 aliphatic carbocycles. The molecule has 2 heteroatoms. The Morgan fingerprint density at radius 1 is 1.31 bits per heavy atom. The molecule has 1 heterocycles. The number of fused-ring (bicyclic) bond motifs is 1. The smallest absolute Gasteiger partial charge is 0.127 e. The Morgan fingerprint density at radius 3 is 2.50 bits per heavy atom. The summed E-state index contributed by atoms with van der Waals surface area (Å²) in [6, 6.07) is 0. The van der Waals surface area contributed by atoms with Gasteiger partial charge in [-0.1, -0.05) is 12.7 Å². The first-order valence-corrected chi connectivity index (χ1v) is 5.60. The minimum absolute atomic E-state index is 0.134. The van der Waals surface area contributed by atoms with Gasteiger partial charge in [-0.3, -0.25) is 0 Å². The third kappa shape index (κ3) is 1.41. The van der Waals surface area contributed by atoms with E-state index in [4.69, 9.17) is 10.5 Å².